The zero-order valence-electron chi connectivity index (χ0n) is 11.7. The number of benzene rings is 1. The highest BCUT2D eigenvalue weighted by Crippen LogP contribution is 2.11. The zero-order chi connectivity index (χ0) is 14.5. The molecule has 2 aromatic rings. The summed E-state index contributed by atoms with van der Waals surface area (Å²) in [4.78, 5) is 16.5. The first-order chi connectivity index (χ1) is 9.56. The molecule has 1 amide bonds. The first kappa shape index (κ1) is 14.0. The molecule has 0 atom stereocenters. The number of amides is 1. The van der Waals surface area contributed by atoms with Crippen molar-refractivity contribution in [3.63, 3.8) is 0 Å². The van der Waals surface area contributed by atoms with E-state index in [2.05, 4.69) is 4.98 Å². The van der Waals surface area contributed by atoms with Gasteiger partial charge in [0.1, 0.15) is 18.1 Å². The Balaban J connectivity index is 1.81. The zero-order valence-corrected chi connectivity index (χ0v) is 11.7. The van der Waals surface area contributed by atoms with Crippen LogP contribution >= 0.6 is 0 Å². The maximum atomic E-state index is 12.0. The van der Waals surface area contributed by atoms with Crippen molar-refractivity contribution >= 4 is 11.6 Å². The molecule has 5 heteroatoms. The van der Waals surface area contributed by atoms with E-state index in [1.807, 2.05) is 31.2 Å². The van der Waals surface area contributed by atoms with E-state index in [1.54, 1.807) is 24.2 Å². The molecule has 0 spiro atoms. The van der Waals surface area contributed by atoms with E-state index in [-0.39, 0.29) is 5.91 Å². The standard InChI is InChI=1S/C15H19N3O2/c1-11-3-5-13(6-4-11)20-8-7-18(2)15(19)14-9-12(16)10-17-14/h3-6,9-10,17H,7-8,16H2,1-2H3. The second-order valence-corrected chi connectivity index (χ2v) is 4.73. The van der Waals surface area contributed by atoms with Crippen LogP contribution in [-0.2, 0) is 0 Å². The number of likely N-dealkylation sites (N-methyl/N-ethyl adjacent to an activating group) is 1. The molecule has 1 aromatic heterocycles. The fraction of sp³-hybridized carbons (Fsp3) is 0.267. The third-order valence-corrected chi connectivity index (χ3v) is 3.00. The second kappa shape index (κ2) is 6.14. The topological polar surface area (TPSA) is 71.3 Å². The number of nitrogens with two attached hydrogens (primary N) is 1. The number of hydrogen-bond acceptors (Lipinski definition) is 3. The molecule has 20 heavy (non-hydrogen) atoms. The summed E-state index contributed by atoms with van der Waals surface area (Å²) in [6, 6.07) is 9.45. The third-order valence-electron chi connectivity index (χ3n) is 3.00. The van der Waals surface area contributed by atoms with Crippen molar-refractivity contribution in [1.82, 2.24) is 9.88 Å². The van der Waals surface area contributed by atoms with E-state index < -0.39 is 0 Å². The lowest BCUT2D eigenvalue weighted by Crippen LogP contribution is -2.31. The number of anilines is 1. The van der Waals surface area contributed by atoms with Crippen LogP contribution in [0.15, 0.2) is 36.5 Å². The van der Waals surface area contributed by atoms with Crippen LogP contribution in [0.3, 0.4) is 0 Å². The number of H-pyrrole nitrogens is 1. The Morgan fingerprint density at radius 3 is 2.65 bits per heavy atom. The van der Waals surface area contributed by atoms with Crippen LogP contribution in [0.5, 0.6) is 5.75 Å². The lowest BCUT2D eigenvalue weighted by Gasteiger charge is -2.16. The second-order valence-electron chi connectivity index (χ2n) is 4.73. The van der Waals surface area contributed by atoms with Crippen molar-refractivity contribution in [2.75, 3.05) is 25.9 Å². The summed E-state index contributed by atoms with van der Waals surface area (Å²) in [6.45, 7) is 2.98. The first-order valence-electron chi connectivity index (χ1n) is 6.45. The highest BCUT2D eigenvalue weighted by atomic mass is 16.5. The summed E-state index contributed by atoms with van der Waals surface area (Å²) < 4.78 is 5.59. The average Bonchev–Trinajstić information content (AvgIpc) is 2.86. The van der Waals surface area contributed by atoms with Gasteiger partial charge >= 0.3 is 0 Å². The Bertz CT molecular complexity index is 575. The van der Waals surface area contributed by atoms with Crippen molar-refractivity contribution in [3.8, 4) is 5.75 Å². The number of ether oxygens (including phenoxy) is 1. The Morgan fingerprint density at radius 1 is 1.35 bits per heavy atom. The predicted octanol–water partition coefficient (Wildman–Crippen LogP) is 2.06. The minimum absolute atomic E-state index is 0.103. The molecule has 0 fully saturated rings. The fourth-order valence-electron chi connectivity index (χ4n) is 1.78. The number of nitrogens with one attached hydrogen (secondary N) is 1. The maximum Gasteiger partial charge on any atom is 0.270 e. The SMILES string of the molecule is Cc1ccc(OCCN(C)C(=O)c2cc(N)c[nH]2)cc1. The molecule has 0 bridgehead atoms. The Morgan fingerprint density at radius 2 is 2.05 bits per heavy atom. The number of rotatable bonds is 5. The van der Waals surface area contributed by atoms with Gasteiger partial charge < -0.3 is 20.4 Å². The van der Waals surface area contributed by atoms with Crippen molar-refractivity contribution in [1.29, 1.82) is 0 Å². The van der Waals surface area contributed by atoms with Crippen LogP contribution in [-0.4, -0.2) is 36.0 Å². The van der Waals surface area contributed by atoms with Gasteiger partial charge in [0, 0.05) is 18.9 Å². The summed E-state index contributed by atoms with van der Waals surface area (Å²) >= 11 is 0. The quantitative estimate of drug-likeness (QED) is 0.876. The van der Waals surface area contributed by atoms with E-state index in [9.17, 15) is 4.79 Å². The molecule has 1 aromatic carbocycles. The normalized spacial score (nSPS) is 10.3. The molecule has 5 nitrogen and oxygen atoms in total. The lowest BCUT2D eigenvalue weighted by atomic mass is 10.2. The molecular formula is C15H19N3O2. The molecule has 0 saturated carbocycles. The minimum Gasteiger partial charge on any atom is -0.492 e. The highest BCUT2D eigenvalue weighted by molar-refractivity contribution is 5.93. The maximum absolute atomic E-state index is 12.0. The largest absolute Gasteiger partial charge is 0.492 e. The van der Waals surface area contributed by atoms with Crippen LogP contribution in [0, 0.1) is 6.92 Å². The number of aromatic nitrogens is 1. The van der Waals surface area contributed by atoms with Gasteiger partial charge in [0.15, 0.2) is 0 Å². The molecule has 0 aliphatic rings. The number of hydrogen-bond donors (Lipinski definition) is 2. The molecular weight excluding hydrogens is 254 g/mol. The molecule has 0 aliphatic carbocycles. The van der Waals surface area contributed by atoms with E-state index in [4.69, 9.17) is 10.5 Å². The molecule has 0 saturated heterocycles. The number of nitrogen functional groups attached to an aromatic ring is 1. The van der Waals surface area contributed by atoms with Gasteiger partial charge in [-0.2, -0.15) is 0 Å². The van der Waals surface area contributed by atoms with Gasteiger partial charge in [-0.25, -0.2) is 0 Å². The highest BCUT2D eigenvalue weighted by Gasteiger charge is 2.13. The summed E-state index contributed by atoms with van der Waals surface area (Å²) in [6.07, 6.45) is 1.60. The van der Waals surface area contributed by atoms with Gasteiger partial charge in [-0.3, -0.25) is 4.79 Å². The minimum atomic E-state index is -0.103. The summed E-state index contributed by atoms with van der Waals surface area (Å²) in [5, 5.41) is 0. The molecule has 0 unspecified atom stereocenters. The van der Waals surface area contributed by atoms with Crippen molar-refractivity contribution in [3.05, 3.63) is 47.8 Å². The van der Waals surface area contributed by atoms with Crippen LogP contribution in [0.25, 0.3) is 0 Å². The third kappa shape index (κ3) is 3.54. The van der Waals surface area contributed by atoms with Gasteiger partial charge in [-0.05, 0) is 25.1 Å². The van der Waals surface area contributed by atoms with Gasteiger partial charge in [0.25, 0.3) is 5.91 Å². The summed E-state index contributed by atoms with van der Waals surface area (Å²) in [5.74, 6) is 0.703. The Hall–Kier alpha value is -2.43. The summed E-state index contributed by atoms with van der Waals surface area (Å²) in [5.41, 5.74) is 7.81. The monoisotopic (exact) mass is 273 g/mol. The Labute approximate surface area is 118 Å². The molecule has 2 rings (SSSR count). The molecule has 0 radical (unpaired) electrons. The lowest BCUT2D eigenvalue weighted by molar-refractivity contribution is 0.0768. The van der Waals surface area contributed by atoms with E-state index >= 15 is 0 Å². The van der Waals surface area contributed by atoms with Crippen LogP contribution in [0.4, 0.5) is 5.69 Å². The smallest absolute Gasteiger partial charge is 0.270 e. The molecule has 0 aliphatic heterocycles. The van der Waals surface area contributed by atoms with Crippen LogP contribution in [0.2, 0.25) is 0 Å². The average molecular weight is 273 g/mol. The first-order valence-corrected chi connectivity index (χ1v) is 6.45. The number of carbonyl (C=O) groups is 1. The van der Waals surface area contributed by atoms with Gasteiger partial charge in [0.05, 0.1) is 6.54 Å². The van der Waals surface area contributed by atoms with Crippen molar-refractivity contribution in [2.45, 2.75) is 6.92 Å². The number of nitrogens with zero attached hydrogens (tertiary/aromatic N) is 1. The Kier molecular flexibility index (Phi) is 4.30. The van der Waals surface area contributed by atoms with E-state index in [0.717, 1.165) is 5.75 Å². The van der Waals surface area contributed by atoms with Gasteiger partial charge in [-0.1, -0.05) is 17.7 Å². The fourth-order valence-corrected chi connectivity index (χ4v) is 1.78. The number of aryl methyl sites for hydroxylation is 1. The number of carbonyl (C=O) groups excluding carboxylic acids is 1. The van der Waals surface area contributed by atoms with Crippen molar-refractivity contribution < 1.29 is 9.53 Å². The van der Waals surface area contributed by atoms with Crippen LogP contribution in [0.1, 0.15) is 16.1 Å². The van der Waals surface area contributed by atoms with Gasteiger partial charge in [-0.15, -0.1) is 0 Å². The molecule has 1 heterocycles. The molecule has 3 N–H and O–H groups in total. The predicted molar refractivity (Wildman–Crippen MR) is 78.8 cm³/mol. The van der Waals surface area contributed by atoms with E-state index in [1.165, 1.54) is 5.56 Å². The number of aromatic amines is 1. The van der Waals surface area contributed by atoms with Crippen LogP contribution < -0.4 is 10.5 Å². The molecule has 106 valence electrons. The summed E-state index contributed by atoms with van der Waals surface area (Å²) in [7, 11) is 1.73. The van der Waals surface area contributed by atoms with Crippen molar-refractivity contribution in [2.24, 2.45) is 0 Å². The van der Waals surface area contributed by atoms with Gasteiger partial charge in [0.2, 0.25) is 0 Å². The van der Waals surface area contributed by atoms with E-state index in [0.29, 0.717) is 24.5 Å².